The molecule has 0 aliphatic rings. The number of nitrogens with one attached hydrogen (secondary N) is 1. The molecule has 19 heavy (non-hydrogen) atoms. The third-order valence-corrected chi connectivity index (χ3v) is 4.13. The van der Waals surface area contributed by atoms with Crippen molar-refractivity contribution in [3.63, 3.8) is 0 Å². The third kappa shape index (κ3) is 3.15. The Morgan fingerprint density at radius 2 is 1.95 bits per heavy atom. The first-order valence-corrected chi connectivity index (χ1v) is 6.93. The maximum Gasteiger partial charge on any atom is 0.0991 e. The third-order valence-electron chi connectivity index (χ3n) is 3.08. The van der Waals surface area contributed by atoms with Crippen molar-refractivity contribution in [3.05, 3.63) is 63.6 Å². The first kappa shape index (κ1) is 13.6. The Labute approximate surface area is 122 Å². The second-order valence-corrected chi connectivity index (χ2v) is 5.33. The van der Waals surface area contributed by atoms with Gasteiger partial charge in [-0.05, 0) is 59.1 Å². The second-order valence-electron chi connectivity index (χ2n) is 4.54. The van der Waals surface area contributed by atoms with Gasteiger partial charge in [0.2, 0.25) is 0 Å². The molecule has 0 aliphatic carbocycles. The van der Waals surface area contributed by atoms with Gasteiger partial charge in [-0.1, -0.05) is 24.3 Å². The van der Waals surface area contributed by atoms with E-state index in [1.54, 1.807) is 0 Å². The molecule has 1 N–H and O–H groups in total. The van der Waals surface area contributed by atoms with E-state index in [1.165, 1.54) is 5.56 Å². The summed E-state index contributed by atoms with van der Waals surface area (Å²) in [6.45, 7) is 4.15. The Hall–Kier alpha value is -1.79. The Kier molecular flexibility index (Phi) is 4.24. The molecule has 1 atom stereocenters. The Morgan fingerprint density at radius 1 is 1.21 bits per heavy atom. The number of halogens is 1. The molecule has 0 bridgehead atoms. The van der Waals surface area contributed by atoms with Crippen molar-refractivity contribution in [3.8, 4) is 6.07 Å². The molecule has 3 heteroatoms. The monoisotopic (exact) mass is 314 g/mol. The van der Waals surface area contributed by atoms with Crippen LogP contribution in [0, 0.1) is 18.3 Å². The van der Waals surface area contributed by atoms with Crippen LogP contribution in [0.2, 0.25) is 0 Å². The predicted octanol–water partition coefficient (Wildman–Crippen LogP) is 4.80. The summed E-state index contributed by atoms with van der Waals surface area (Å²) in [5.41, 5.74) is 4.06. The molecule has 2 aromatic rings. The molecule has 2 aromatic carbocycles. The average Bonchev–Trinajstić information content (AvgIpc) is 2.44. The van der Waals surface area contributed by atoms with Crippen molar-refractivity contribution in [1.82, 2.24) is 0 Å². The van der Waals surface area contributed by atoms with Crippen molar-refractivity contribution in [2.75, 3.05) is 5.32 Å². The zero-order chi connectivity index (χ0) is 13.8. The number of aryl methyl sites for hydroxylation is 1. The molecule has 0 aliphatic heterocycles. The van der Waals surface area contributed by atoms with E-state index in [9.17, 15) is 0 Å². The van der Waals surface area contributed by atoms with E-state index in [0.29, 0.717) is 5.56 Å². The summed E-state index contributed by atoms with van der Waals surface area (Å²) >= 11 is 3.59. The van der Waals surface area contributed by atoms with Crippen molar-refractivity contribution in [1.29, 1.82) is 5.26 Å². The lowest BCUT2D eigenvalue weighted by Crippen LogP contribution is -2.07. The lowest BCUT2D eigenvalue weighted by Gasteiger charge is -2.18. The van der Waals surface area contributed by atoms with Gasteiger partial charge in [-0.25, -0.2) is 0 Å². The molecule has 2 nitrogen and oxygen atoms in total. The van der Waals surface area contributed by atoms with Crippen LogP contribution >= 0.6 is 15.9 Å². The predicted molar refractivity (Wildman–Crippen MR) is 82.1 cm³/mol. The lowest BCUT2D eigenvalue weighted by molar-refractivity contribution is 0.882. The van der Waals surface area contributed by atoms with Crippen molar-refractivity contribution < 1.29 is 0 Å². The van der Waals surface area contributed by atoms with E-state index in [0.717, 1.165) is 15.7 Å². The van der Waals surface area contributed by atoms with Crippen LogP contribution in [-0.4, -0.2) is 0 Å². The standard InChI is InChI=1S/C16H15BrN2/c1-11-5-3-8-15(16(11)17)19-12(2)14-7-4-6-13(9-14)10-18/h3-9,12,19H,1-2H3. The van der Waals surface area contributed by atoms with Gasteiger partial charge < -0.3 is 5.32 Å². The molecule has 0 spiro atoms. The molecule has 1 unspecified atom stereocenters. The van der Waals surface area contributed by atoms with Crippen molar-refractivity contribution in [2.45, 2.75) is 19.9 Å². The van der Waals surface area contributed by atoms with Crippen LogP contribution in [0.1, 0.15) is 29.7 Å². The van der Waals surface area contributed by atoms with Crippen LogP contribution in [0.3, 0.4) is 0 Å². The summed E-state index contributed by atoms with van der Waals surface area (Å²) in [5.74, 6) is 0. The number of nitriles is 1. The van der Waals surface area contributed by atoms with Gasteiger partial charge in [-0.3, -0.25) is 0 Å². The summed E-state index contributed by atoms with van der Waals surface area (Å²) in [6, 6.07) is 16.1. The minimum Gasteiger partial charge on any atom is -0.378 e. The fourth-order valence-electron chi connectivity index (χ4n) is 1.95. The van der Waals surface area contributed by atoms with Crippen LogP contribution in [0.4, 0.5) is 5.69 Å². The number of nitrogens with zero attached hydrogens (tertiary/aromatic N) is 1. The van der Waals surface area contributed by atoms with Gasteiger partial charge in [0.15, 0.2) is 0 Å². The lowest BCUT2D eigenvalue weighted by atomic mass is 10.1. The van der Waals surface area contributed by atoms with Gasteiger partial charge in [0.05, 0.1) is 11.6 Å². The average molecular weight is 315 g/mol. The van der Waals surface area contributed by atoms with Crippen LogP contribution in [0.15, 0.2) is 46.9 Å². The summed E-state index contributed by atoms with van der Waals surface area (Å²) in [7, 11) is 0. The maximum absolute atomic E-state index is 8.94. The minimum atomic E-state index is 0.145. The fourth-order valence-corrected chi connectivity index (χ4v) is 2.33. The Balaban J connectivity index is 2.23. The quantitative estimate of drug-likeness (QED) is 0.883. The Bertz CT molecular complexity index is 629. The summed E-state index contributed by atoms with van der Waals surface area (Å²) in [5, 5.41) is 12.4. The highest BCUT2D eigenvalue weighted by Crippen LogP contribution is 2.29. The topological polar surface area (TPSA) is 35.8 Å². The first-order chi connectivity index (χ1) is 9.11. The van der Waals surface area contributed by atoms with E-state index < -0.39 is 0 Å². The number of rotatable bonds is 3. The van der Waals surface area contributed by atoms with Crippen LogP contribution in [0.25, 0.3) is 0 Å². The molecule has 0 amide bonds. The first-order valence-electron chi connectivity index (χ1n) is 6.13. The highest BCUT2D eigenvalue weighted by Gasteiger charge is 2.09. The summed E-state index contributed by atoms with van der Waals surface area (Å²) < 4.78 is 1.08. The van der Waals surface area contributed by atoms with Gasteiger partial charge in [-0.2, -0.15) is 5.26 Å². The molecule has 0 saturated heterocycles. The summed E-state index contributed by atoms with van der Waals surface area (Å²) in [6.07, 6.45) is 0. The molecular formula is C16H15BrN2. The van der Waals surface area contributed by atoms with Crippen LogP contribution in [0.5, 0.6) is 0 Å². The zero-order valence-electron chi connectivity index (χ0n) is 10.9. The molecule has 0 radical (unpaired) electrons. The normalized spacial score (nSPS) is 11.7. The highest BCUT2D eigenvalue weighted by atomic mass is 79.9. The largest absolute Gasteiger partial charge is 0.378 e. The highest BCUT2D eigenvalue weighted by molar-refractivity contribution is 9.10. The van der Waals surface area contributed by atoms with E-state index in [4.69, 9.17) is 5.26 Å². The number of benzene rings is 2. The second kappa shape index (κ2) is 5.90. The van der Waals surface area contributed by atoms with E-state index in [2.05, 4.69) is 47.2 Å². The molecule has 0 aromatic heterocycles. The molecule has 0 heterocycles. The van der Waals surface area contributed by atoms with Gasteiger partial charge in [0.25, 0.3) is 0 Å². The zero-order valence-corrected chi connectivity index (χ0v) is 12.5. The van der Waals surface area contributed by atoms with Crippen LogP contribution in [-0.2, 0) is 0 Å². The molecule has 2 rings (SSSR count). The minimum absolute atomic E-state index is 0.145. The SMILES string of the molecule is Cc1cccc(NC(C)c2cccc(C#N)c2)c1Br. The van der Waals surface area contributed by atoms with Gasteiger partial charge in [-0.15, -0.1) is 0 Å². The smallest absolute Gasteiger partial charge is 0.0991 e. The van der Waals surface area contributed by atoms with Crippen LogP contribution < -0.4 is 5.32 Å². The number of hydrogen-bond acceptors (Lipinski definition) is 2. The maximum atomic E-state index is 8.94. The fraction of sp³-hybridized carbons (Fsp3) is 0.188. The molecular weight excluding hydrogens is 300 g/mol. The van der Waals surface area contributed by atoms with E-state index in [-0.39, 0.29) is 6.04 Å². The van der Waals surface area contributed by atoms with Gasteiger partial charge >= 0.3 is 0 Å². The van der Waals surface area contributed by atoms with E-state index in [1.807, 2.05) is 36.4 Å². The molecule has 0 saturated carbocycles. The van der Waals surface area contributed by atoms with Crippen molar-refractivity contribution >= 4 is 21.6 Å². The summed E-state index contributed by atoms with van der Waals surface area (Å²) in [4.78, 5) is 0. The molecule has 96 valence electrons. The van der Waals surface area contributed by atoms with Gasteiger partial charge in [0, 0.05) is 16.2 Å². The Morgan fingerprint density at radius 3 is 2.68 bits per heavy atom. The van der Waals surface area contributed by atoms with Gasteiger partial charge in [0.1, 0.15) is 0 Å². The van der Waals surface area contributed by atoms with E-state index >= 15 is 0 Å². The number of hydrogen-bond donors (Lipinski definition) is 1. The number of anilines is 1. The molecule has 0 fully saturated rings. The van der Waals surface area contributed by atoms with Crippen molar-refractivity contribution in [2.24, 2.45) is 0 Å².